The molecule has 0 saturated carbocycles. The number of nitrogens with one attached hydrogen (secondary N) is 1. The van der Waals surface area contributed by atoms with Gasteiger partial charge in [0, 0.05) is 12.1 Å². The molecular weight excluding hydrogens is 328 g/mol. The predicted molar refractivity (Wildman–Crippen MR) is 93.0 cm³/mol. The molecule has 2 aliphatic heterocycles. The number of carbonyl (C=O) groups is 1. The number of ether oxygens (including phenoxy) is 3. The summed E-state index contributed by atoms with van der Waals surface area (Å²) in [6.45, 7) is 6.61. The van der Waals surface area contributed by atoms with E-state index in [9.17, 15) is 4.79 Å². The van der Waals surface area contributed by atoms with Crippen LogP contribution >= 0.6 is 12.2 Å². The first-order chi connectivity index (χ1) is 11.5. The van der Waals surface area contributed by atoms with Crippen LogP contribution in [0.2, 0.25) is 0 Å². The van der Waals surface area contributed by atoms with Crippen LogP contribution in [-0.2, 0) is 9.53 Å². The number of thiocarbonyl (C=S) groups is 1. The maximum Gasteiger partial charge on any atom is 0.317 e. The zero-order valence-corrected chi connectivity index (χ0v) is 15.1. The van der Waals surface area contributed by atoms with Gasteiger partial charge in [-0.2, -0.15) is 0 Å². The predicted octanol–water partition coefficient (Wildman–Crippen LogP) is 2.23. The van der Waals surface area contributed by atoms with Gasteiger partial charge in [-0.1, -0.05) is 0 Å². The molecule has 3 rings (SSSR count). The summed E-state index contributed by atoms with van der Waals surface area (Å²) in [5.41, 5.74) is -0.0433. The van der Waals surface area contributed by atoms with E-state index in [0.717, 1.165) is 11.3 Å². The van der Waals surface area contributed by atoms with E-state index < -0.39 is 11.6 Å². The molecule has 6 nitrogen and oxygen atoms in total. The van der Waals surface area contributed by atoms with Gasteiger partial charge in [-0.25, -0.2) is 0 Å². The maximum atomic E-state index is 12.7. The van der Waals surface area contributed by atoms with Crippen LogP contribution in [0, 0.1) is 5.92 Å². The van der Waals surface area contributed by atoms with E-state index in [1.807, 2.05) is 36.9 Å². The average Bonchev–Trinajstić information content (AvgIpc) is 2.54. The van der Waals surface area contributed by atoms with Crippen LogP contribution in [0.15, 0.2) is 18.2 Å². The Hall–Kier alpha value is -2.02. The van der Waals surface area contributed by atoms with Crippen LogP contribution in [0.5, 0.6) is 11.5 Å². The fraction of sp³-hybridized carbons (Fsp3) is 0.529. The molecule has 0 aromatic heterocycles. The lowest BCUT2D eigenvalue weighted by Crippen LogP contribution is -2.71. The van der Waals surface area contributed by atoms with Crippen molar-refractivity contribution in [2.24, 2.45) is 5.92 Å². The first-order valence-corrected chi connectivity index (χ1v) is 8.48. The minimum Gasteiger partial charge on any atom is -0.497 e. The number of hydrogen-bond acceptors (Lipinski definition) is 5. The van der Waals surface area contributed by atoms with Gasteiger partial charge in [-0.15, -0.1) is 0 Å². The van der Waals surface area contributed by atoms with Gasteiger partial charge in [0.15, 0.2) is 10.8 Å². The molecule has 0 spiro atoms. The second kappa shape index (κ2) is 6.12. The van der Waals surface area contributed by atoms with E-state index in [1.165, 1.54) is 0 Å². The Morgan fingerprint density at radius 3 is 2.83 bits per heavy atom. The van der Waals surface area contributed by atoms with Crippen molar-refractivity contribution in [3.05, 3.63) is 23.8 Å². The Bertz CT molecular complexity index is 681. The molecular formula is C17H22N2O4S. The fourth-order valence-electron chi connectivity index (χ4n) is 3.61. The Morgan fingerprint density at radius 2 is 2.21 bits per heavy atom. The summed E-state index contributed by atoms with van der Waals surface area (Å²) in [5.74, 6) is 0.585. The van der Waals surface area contributed by atoms with Gasteiger partial charge in [0.25, 0.3) is 0 Å². The van der Waals surface area contributed by atoms with E-state index in [2.05, 4.69) is 5.32 Å². The zero-order valence-electron chi connectivity index (χ0n) is 14.3. The molecule has 1 fully saturated rings. The second-order valence-corrected chi connectivity index (χ2v) is 6.35. The van der Waals surface area contributed by atoms with Crippen LogP contribution in [0.3, 0.4) is 0 Å². The molecule has 2 aliphatic rings. The summed E-state index contributed by atoms with van der Waals surface area (Å²) in [6.07, 6.45) is 0. The lowest BCUT2D eigenvalue weighted by molar-refractivity contribution is -0.174. The molecule has 7 heteroatoms. The van der Waals surface area contributed by atoms with Crippen molar-refractivity contribution in [3.63, 3.8) is 0 Å². The van der Waals surface area contributed by atoms with Crippen molar-refractivity contribution >= 4 is 23.3 Å². The van der Waals surface area contributed by atoms with Crippen molar-refractivity contribution in [1.82, 2.24) is 10.2 Å². The van der Waals surface area contributed by atoms with Crippen LogP contribution in [0.25, 0.3) is 0 Å². The van der Waals surface area contributed by atoms with Crippen molar-refractivity contribution in [3.8, 4) is 11.5 Å². The number of carbonyl (C=O) groups excluding carboxylic acids is 1. The molecule has 1 N–H and O–H groups in total. The molecule has 3 atom stereocenters. The molecule has 1 aromatic carbocycles. The highest BCUT2D eigenvalue weighted by molar-refractivity contribution is 7.80. The molecule has 0 radical (unpaired) electrons. The summed E-state index contributed by atoms with van der Waals surface area (Å²) < 4.78 is 16.9. The molecule has 1 aromatic rings. The highest BCUT2D eigenvalue weighted by Gasteiger charge is 2.59. The zero-order chi connectivity index (χ0) is 17.5. The SMILES string of the molecule is CCOC(=O)[C@H]1[C@H]2NC(=S)N(CC)[C@@]1(C)Oc1ccc(OC)cc12. The Morgan fingerprint density at radius 1 is 1.46 bits per heavy atom. The lowest BCUT2D eigenvalue weighted by Gasteiger charge is -2.55. The summed E-state index contributed by atoms with van der Waals surface area (Å²) in [7, 11) is 1.61. The van der Waals surface area contributed by atoms with Gasteiger partial charge < -0.3 is 24.4 Å². The average molecular weight is 350 g/mol. The molecule has 2 heterocycles. The third-order valence-corrected chi connectivity index (χ3v) is 5.03. The second-order valence-electron chi connectivity index (χ2n) is 5.96. The quantitative estimate of drug-likeness (QED) is 0.660. The molecule has 130 valence electrons. The van der Waals surface area contributed by atoms with E-state index in [1.54, 1.807) is 14.0 Å². The first-order valence-electron chi connectivity index (χ1n) is 8.08. The van der Waals surface area contributed by atoms with Gasteiger partial charge in [-0.3, -0.25) is 4.79 Å². The van der Waals surface area contributed by atoms with Crippen LogP contribution in [0.1, 0.15) is 32.4 Å². The Labute approximate surface area is 147 Å². The van der Waals surface area contributed by atoms with Crippen LogP contribution in [0.4, 0.5) is 0 Å². The lowest BCUT2D eigenvalue weighted by atomic mass is 9.79. The molecule has 2 bridgehead atoms. The molecule has 0 unspecified atom stereocenters. The van der Waals surface area contributed by atoms with Gasteiger partial charge in [0.05, 0.1) is 19.8 Å². The smallest absolute Gasteiger partial charge is 0.317 e. The first kappa shape index (κ1) is 16.8. The molecule has 0 amide bonds. The highest BCUT2D eigenvalue weighted by atomic mass is 32.1. The van der Waals surface area contributed by atoms with Gasteiger partial charge in [0.1, 0.15) is 17.4 Å². The summed E-state index contributed by atoms with van der Waals surface area (Å²) in [5, 5.41) is 3.86. The number of hydrogen-bond donors (Lipinski definition) is 1. The molecule has 24 heavy (non-hydrogen) atoms. The van der Waals surface area contributed by atoms with Crippen LogP contribution in [-0.4, -0.2) is 42.0 Å². The van der Waals surface area contributed by atoms with Gasteiger partial charge in [0.2, 0.25) is 0 Å². The number of methoxy groups -OCH3 is 1. The highest BCUT2D eigenvalue weighted by Crippen LogP contribution is 2.49. The number of nitrogens with zero attached hydrogens (tertiary/aromatic N) is 1. The maximum absolute atomic E-state index is 12.7. The minimum atomic E-state index is -0.893. The summed E-state index contributed by atoms with van der Waals surface area (Å²) in [4.78, 5) is 14.6. The number of esters is 1. The number of rotatable bonds is 4. The van der Waals surface area contributed by atoms with Crippen molar-refractivity contribution < 1.29 is 19.0 Å². The summed E-state index contributed by atoms with van der Waals surface area (Å²) >= 11 is 5.50. The topological polar surface area (TPSA) is 60.0 Å². The summed E-state index contributed by atoms with van der Waals surface area (Å²) in [6, 6.07) is 5.27. The monoisotopic (exact) mass is 350 g/mol. The fourth-order valence-corrected chi connectivity index (χ4v) is 4.04. The largest absolute Gasteiger partial charge is 0.497 e. The molecule has 1 saturated heterocycles. The van der Waals surface area contributed by atoms with Gasteiger partial charge >= 0.3 is 5.97 Å². The molecule has 0 aliphatic carbocycles. The van der Waals surface area contributed by atoms with Crippen molar-refractivity contribution in [1.29, 1.82) is 0 Å². The normalized spacial score (nSPS) is 27.7. The van der Waals surface area contributed by atoms with E-state index in [4.69, 9.17) is 26.4 Å². The van der Waals surface area contributed by atoms with Crippen LogP contribution < -0.4 is 14.8 Å². The standard InChI is InChI=1S/C17H22N2O4S/c1-5-19-16(24)18-14-11-9-10(21-4)7-8-12(11)23-17(19,3)13(14)15(20)22-6-2/h7-9,13-14H,5-6H2,1-4H3,(H,18,24)/t13-,14+,17+/m1/s1. The third kappa shape index (κ3) is 2.38. The minimum absolute atomic E-state index is 0.299. The van der Waals surface area contributed by atoms with E-state index in [-0.39, 0.29) is 12.0 Å². The van der Waals surface area contributed by atoms with E-state index in [0.29, 0.717) is 24.0 Å². The van der Waals surface area contributed by atoms with E-state index >= 15 is 0 Å². The van der Waals surface area contributed by atoms with Gasteiger partial charge in [-0.05, 0) is 51.2 Å². The number of benzene rings is 1. The third-order valence-electron chi connectivity index (χ3n) is 4.70. The number of fused-ring (bicyclic) bond motifs is 4. The Balaban J connectivity index is 2.14. The Kier molecular flexibility index (Phi) is 4.29. The van der Waals surface area contributed by atoms with Crippen molar-refractivity contribution in [2.45, 2.75) is 32.5 Å². The van der Waals surface area contributed by atoms with Crippen molar-refractivity contribution in [2.75, 3.05) is 20.3 Å².